The lowest BCUT2D eigenvalue weighted by Crippen LogP contribution is -2.28. The Kier molecular flexibility index (Phi) is 3.21. The van der Waals surface area contributed by atoms with Gasteiger partial charge in [-0.2, -0.15) is 12.7 Å². The molecule has 1 aromatic rings. The van der Waals surface area contributed by atoms with Crippen molar-refractivity contribution in [1.82, 2.24) is 4.31 Å². The van der Waals surface area contributed by atoms with E-state index in [0.717, 1.165) is 9.87 Å². The van der Waals surface area contributed by atoms with Crippen LogP contribution in [0.4, 0.5) is 5.69 Å². The van der Waals surface area contributed by atoms with Crippen LogP contribution in [0.2, 0.25) is 0 Å². The summed E-state index contributed by atoms with van der Waals surface area (Å²) in [6.45, 7) is 1.81. The summed E-state index contributed by atoms with van der Waals surface area (Å²) in [4.78, 5) is 0. The molecule has 5 nitrogen and oxygen atoms in total. The number of anilines is 1. The number of nitrogens with one attached hydrogen (secondary N) is 1. The van der Waals surface area contributed by atoms with E-state index in [2.05, 4.69) is 4.72 Å². The van der Waals surface area contributed by atoms with Crippen LogP contribution in [-0.4, -0.2) is 31.9 Å². The molecule has 0 radical (unpaired) electrons. The number of phenolic OH excluding ortho intramolecular Hbond substituents is 1. The number of phenols is 1. The maximum atomic E-state index is 11.4. The van der Waals surface area contributed by atoms with E-state index in [0.29, 0.717) is 0 Å². The van der Waals surface area contributed by atoms with Crippen molar-refractivity contribution in [1.29, 1.82) is 0 Å². The average molecular weight is 230 g/mol. The van der Waals surface area contributed by atoms with Gasteiger partial charge in [-0.05, 0) is 24.6 Å². The van der Waals surface area contributed by atoms with Crippen LogP contribution in [-0.2, 0) is 10.2 Å². The second kappa shape index (κ2) is 4.08. The third-order valence-electron chi connectivity index (χ3n) is 1.87. The molecule has 6 heteroatoms. The van der Waals surface area contributed by atoms with Gasteiger partial charge in [0.2, 0.25) is 0 Å². The van der Waals surface area contributed by atoms with E-state index in [-0.39, 0.29) is 11.4 Å². The van der Waals surface area contributed by atoms with Gasteiger partial charge in [-0.1, -0.05) is 6.07 Å². The molecule has 1 aromatic carbocycles. The van der Waals surface area contributed by atoms with Crippen LogP contribution < -0.4 is 4.72 Å². The molecule has 0 saturated heterocycles. The van der Waals surface area contributed by atoms with Gasteiger partial charge in [-0.3, -0.25) is 4.72 Å². The molecule has 0 spiro atoms. The molecule has 1 rings (SSSR count). The van der Waals surface area contributed by atoms with E-state index in [4.69, 9.17) is 0 Å². The van der Waals surface area contributed by atoms with Crippen LogP contribution in [0, 0.1) is 6.92 Å². The Morgan fingerprint density at radius 1 is 1.33 bits per heavy atom. The molecule has 0 aliphatic heterocycles. The van der Waals surface area contributed by atoms with E-state index < -0.39 is 10.2 Å². The number of hydrogen-bond donors (Lipinski definition) is 2. The molecule has 2 N–H and O–H groups in total. The molecule has 0 aliphatic rings. The van der Waals surface area contributed by atoms with E-state index in [1.807, 2.05) is 6.92 Å². The molecule has 15 heavy (non-hydrogen) atoms. The predicted octanol–water partition coefficient (Wildman–Crippen LogP) is 0.919. The van der Waals surface area contributed by atoms with Gasteiger partial charge in [0.1, 0.15) is 5.75 Å². The van der Waals surface area contributed by atoms with Crippen molar-refractivity contribution >= 4 is 15.9 Å². The first-order valence-corrected chi connectivity index (χ1v) is 5.77. The van der Waals surface area contributed by atoms with E-state index in [1.165, 1.54) is 26.2 Å². The van der Waals surface area contributed by atoms with Crippen LogP contribution in [0.15, 0.2) is 18.2 Å². The van der Waals surface area contributed by atoms with Gasteiger partial charge in [0.15, 0.2) is 0 Å². The summed E-state index contributed by atoms with van der Waals surface area (Å²) in [7, 11) is -0.743. The topological polar surface area (TPSA) is 69.6 Å². The normalized spacial score (nSPS) is 11.7. The summed E-state index contributed by atoms with van der Waals surface area (Å²) in [5.74, 6) is -0.0829. The lowest BCUT2D eigenvalue weighted by molar-refractivity contribution is 0.476. The van der Waals surface area contributed by atoms with Crippen molar-refractivity contribution in [3.05, 3.63) is 23.8 Å². The van der Waals surface area contributed by atoms with Gasteiger partial charge in [0.25, 0.3) is 0 Å². The lowest BCUT2D eigenvalue weighted by atomic mass is 10.2. The predicted molar refractivity (Wildman–Crippen MR) is 59.1 cm³/mol. The molecule has 0 unspecified atom stereocenters. The minimum Gasteiger partial charge on any atom is -0.506 e. The number of aryl methyl sites for hydroxylation is 1. The summed E-state index contributed by atoms with van der Waals surface area (Å²) < 4.78 is 26.2. The highest BCUT2D eigenvalue weighted by atomic mass is 32.2. The molecular formula is C9H14N2O3S. The van der Waals surface area contributed by atoms with Gasteiger partial charge in [-0.15, -0.1) is 0 Å². The van der Waals surface area contributed by atoms with Gasteiger partial charge in [-0.25, -0.2) is 0 Å². The van der Waals surface area contributed by atoms with Crippen molar-refractivity contribution in [2.24, 2.45) is 0 Å². The first kappa shape index (κ1) is 11.8. The summed E-state index contributed by atoms with van der Waals surface area (Å²) >= 11 is 0. The molecule has 0 atom stereocenters. The van der Waals surface area contributed by atoms with Crippen molar-refractivity contribution in [2.45, 2.75) is 6.92 Å². The first-order valence-electron chi connectivity index (χ1n) is 4.33. The Morgan fingerprint density at radius 2 is 1.93 bits per heavy atom. The molecular weight excluding hydrogens is 216 g/mol. The molecule has 0 heterocycles. The monoisotopic (exact) mass is 230 g/mol. The third kappa shape index (κ3) is 2.84. The van der Waals surface area contributed by atoms with Crippen LogP contribution in [0.25, 0.3) is 0 Å². The van der Waals surface area contributed by atoms with Crippen LogP contribution in [0.1, 0.15) is 5.56 Å². The Hall–Kier alpha value is -1.27. The second-order valence-corrected chi connectivity index (χ2v) is 5.29. The maximum Gasteiger partial charge on any atom is 0.301 e. The van der Waals surface area contributed by atoms with E-state index in [9.17, 15) is 13.5 Å². The van der Waals surface area contributed by atoms with Crippen molar-refractivity contribution in [2.75, 3.05) is 18.8 Å². The maximum absolute atomic E-state index is 11.4. The largest absolute Gasteiger partial charge is 0.506 e. The SMILES string of the molecule is Cc1ccc(NS(=O)(=O)N(C)C)c(O)c1. The average Bonchev–Trinajstić information content (AvgIpc) is 2.09. The van der Waals surface area contributed by atoms with Gasteiger partial charge >= 0.3 is 10.2 Å². The Labute approximate surface area is 89.5 Å². The zero-order valence-corrected chi connectivity index (χ0v) is 9.67. The second-order valence-electron chi connectivity index (χ2n) is 3.41. The molecule has 0 aromatic heterocycles. The summed E-state index contributed by atoms with van der Waals surface area (Å²) in [5.41, 5.74) is 1.04. The molecule has 0 fully saturated rings. The smallest absolute Gasteiger partial charge is 0.301 e. The zero-order valence-electron chi connectivity index (χ0n) is 8.85. The fourth-order valence-electron chi connectivity index (χ4n) is 0.958. The minimum absolute atomic E-state index is 0.0829. The van der Waals surface area contributed by atoms with Crippen molar-refractivity contribution in [3.8, 4) is 5.75 Å². The summed E-state index contributed by atoms with van der Waals surface area (Å²) in [6, 6.07) is 4.73. The lowest BCUT2D eigenvalue weighted by Gasteiger charge is -2.14. The Morgan fingerprint density at radius 3 is 2.40 bits per heavy atom. The third-order valence-corrected chi connectivity index (χ3v) is 3.31. The number of benzene rings is 1. The molecule has 84 valence electrons. The summed E-state index contributed by atoms with van der Waals surface area (Å²) in [6.07, 6.45) is 0. The highest BCUT2D eigenvalue weighted by Crippen LogP contribution is 2.24. The van der Waals surface area contributed by atoms with Crippen LogP contribution in [0.3, 0.4) is 0 Å². The van der Waals surface area contributed by atoms with Crippen molar-refractivity contribution < 1.29 is 13.5 Å². The molecule has 0 saturated carbocycles. The van der Waals surface area contributed by atoms with Crippen molar-refractivity contribution in [3.63, 3.8) is 0 Å². The molecule has 0 bridgehead atoms. The van der Waals surface area contributed by atoms with Gasteiger partial charge < -0.3 is 5.11 Å². The molecule has 0 amide bonds. The van der Waals surface area contributed by atoms with Gasteiger partial charge in [0.05, 0.1) is 5.69 Å². The number of rotatable bonds is 3. The number of nitrogens with zero attached hydrogens (tertiary/aromatic N) is 1. The van der Waals surface area contributed by atoms with Crippen LogP contribution >= 0.6 is 0 Å². The summed E-state index contributed by atoms with van der Waals surface area (Å²) in [5, 5.41) is 9.49. The van der Waals surface area contributed by atoms with Gasteiger partial charge in [0, 0.05) is 14.1 Å². The zero-order chi connectivity index (χ0) is 11.6. The number of hydrogen-bond acceptors (Lipinski definition) is 3. The standard InChI is InChI=1S/C9H14N2O3S/c1-7-4-5-8(9(12)6-7)10-15(13,14)11(2)3/h4-6,10,12H,1-3H3. The number of aromatic hydroxyl groups is 1. The minimum atomic E-state index is -3.56. The van der Waals surface area contributed by atoms with E-state index in [1.54, 1.807) is 6.07 Å². The van der Waals surface area contributed by atoms with E-state index >= 15 is 0 Å². The molecule has 0 aliphatic carbocycles. The first-order chi connectivity index (χ1) is 6.83. The fourth-order valence-corrected chi connectivity index (χ4v) is 1.59. The fraction of sp³-hybridized carbons (Fsp3) is 0.333. The van der Waals surface area contributed by atoms with Crippen LogP contribution in [0.5, 0.6) is 5.75 Å². The highest BCUT2D eigenvalue weighted by Gasteiger charge is 2.14. The Balaban J connectivity index is 3.01. The highest BCUT2D eigenvalue weighted by molar-refractivity contribution is 7.90. The quantitative estimate of drug-likeness (QED) is 0.759. The Bertz CT molecular complexity index is 454.